The van der Waals surface area contributed by atoms with Gasteiger partial charge in [0, 0.05) is 44.5 Å². The van der Waals surface area contributed by atoms with Crippen LogP contribution >= 0.6 is 0 Å². The number of nitrogens with zero attached hydrogens (tertiary/aromatic N) is 1. The summed E-state index contributed by atoms with van der Waals surface area (Å²) in [5.74, 6) is 1.14. The van der Waals surface area contributed by atoms with Crippen molar-refractivity contribution < 1.29 is 33.6 Å². The van der Waals surface area contributed by atoms with E-state index in [1.54, 1.807) is 6.92 Å². The molecule has 11 nitrogen and oxygen atoms in total. The van der Waals surface area contributed by atoms with E-state index >= 15 is 0 Å². The average Bonchev–Trinajstić information content (AvgIpc) is 2.86. The van der Waals surface area contributed by atoms with Crippen molar-refractivity contribution in [2.45, 2.75) is 26.2 Å². The van der Waals surface area contributed by atoms with Crippen molar-refractivity contribution in [3.63, 3.8) is 0 Å². The Morgan fingerprint density at radius 3 is 2.38 bits per heavy atom. The number of ether oxygens (including phenoxy) is 4. The summed E-state index contributed by atoms with van der Waals surface area (Å²) in [7, 11) is 2.89. The Labute approximate surface area is 198 Å². The van der Waals surface area contributed by atoms with Gasteiger partial charge in [0.1, 0.15) is 44.0 Å². The molecule has 1 unspecified atom stereocenters. The van der Waals surface area contributed by atoms with Crippen LogP contribution in [-0.2, 0) is 22.7 Å². The summed E-state index contributed by atoms with van der Waals surface area (Å²) in [5.41, 5.74) is 1.55. The van der Waals surface area contributed by atoms with Gasteiger partial charge in [-0.05, 0) is 19.1 Å². The number of aliphatic hydroxyl groups is 1. The zero-order valence-electron chi connectivity index (χ0n) is 19.6. The van der Waals surface area contributed by atoms with Crippen molar-refractivity contribution in [1.82, 2.24) is 20.9 Å². The van der Waals surface area contributed by atoms with Gasteiger partial charge < -0.3 is 40.0 Å². The molecule has 0 spiro atoms. The van der Waals surface area contributed by atoms with Crippen LogP contribution in [0.5, 0.6) is 11.5 Å². The number of para-hydroxylation sites is 1. The van der Waals surface area contributed by atoms with Gasteiger partial charge in [0.25, 0.3) is 0 Å². The molecular formula is C23H32N4O7. The first-order valence-corrected chi connectivity index (χ1v) is 10.8. The Morgan fingerprint density at radius 2 is 1.71 bits per heavy atom. The largest absolute Gasteiger partial charge is 0.492 e. The standard InChI is InChI=1S/C23H32N4O7/c1-16-21(32-14-18(28)12-26-9-10-31-19-7-5-4-6-8-19)20(15-34-23(30)25-3)17(11-27-16)13-33-22(29)24-2/h4-8,11,18,26,28H,9-10,12-15H2,1-3H3,(H,24,29)(H,25,30). The number of benzene rings is 1. The monoisotopic (exact) mass is 476 g/mol. The average molecular weight is 477 g/mol. The van der Waals surface area contributed by atoms with E-state index in [0.717, 1.165) is 5.75 Å². The molecule has 2 rings (SSSR count). The van der Waals surface area contributed by atoms with Gasteiger partial charge in [-0.2, -0.15) is 0 Å². The molecule has 1 atom stereocenters. The molecule has 0 aliphatic carbocycles. The number of hydrogen-bond acceptors (Lipinski definition) is 9. The molecule has 1 aromatic carbocycles. The molecule has 0 bridgehead atoms. The van der Waals surface area contributed by atoms with E-state index in [0.29, 0.717) is 35.7 Å². The van der Waals surface area contributed by atoms with E-state index in [2.05, 4.69) is 20.9 Å². The summed E-state index contributed by atoms with van der Waals surface area (Å²) in [5, 5.41) is 18.2. The van der Waals surface area contributed by atoms with Crippen molar-refractivity contribution in [3.05, 3.63) is 53.3 Å². The minimum atomic E-state index is -0.811. The Hall–Kier alpha value is -3.57. The third kappa shape index (κ3) is 9.12. The van der Waals surface area contributed by atoms with Crippen LogP contribution < -0.4 is 25.4 Å². The van der Waals surface area contributed by atoms with Crippen molar-refractivity contribution >= 4 is 12.2 Å². The molecule has 186 valence electrons. The number of hydrogen-bond donors (Lipinski definition) is 4. The normalized spacial score (nSPS) is 11.3. The molecule has 1 heterocycles. The number of pyridine rings is 1. The second-order valence-electron chi connectivity index (χ2n) is 7.16. The maximum absolute atomic E-state index is 11.6. The number of alkyl carbamates (subject to hydrolysis) is 2. The highest BCUT2D eigenvalue weighted by Crippen LogP contribution is 2.27. The summed E-state index contributed by atoms with van der Waals surface area (Å²) in [4.78, 5) is 27.3. The highest BCUT2D eigenvalue weighted by atomic mass is 16.6. The van der Waals surface area contributed by atoms with Gasteiger partial charge >= 0.3 is 12.2 Å². The lowest BCUT2D eigenvalue weighted by atomic mass is 10.1. The van der Waals surface area contributed by atoms with Crippen LogP contribution in [0.25, 0.3) is 0 Å². The number of amides is 2. The fourth-order valence-corrected chi connectivity index (χ4v) is 2.84. The van der Waals surface area contributed by atoms with Crippen LogP contribution in [0.3, 0.4) is 0 Å². The van der Waals surface area contributed by atoms with Gasteiger partial charge in [-0.1, -0.05) is 18.2 Å². The maximum Gasteiger partial charge on any atom is 0.407 e. The van der Waals surface area contributed by atoms with E-state index in [1.165, 1.54) is 20.3 Å². The molecule has 4 N–H and O–H groups in total. The van der Waals surface area contributed by atoms with E-state index in [4.69, 9.17) is 18.9 Å². The summed E-state index contributed by atoms with van der Waals surface area (Å²) in [6, 6.07) is 9.46. The van der Waals surface area contributed by atoms with Crippen molar-refractivity contribution in [3.8, 4) is 11.5 Å². The van der Waals surface area contributed by atoms with Gasteiger partial charge in [0.05, 0.1) is 5.69 Å². The molecule has 0 fully saturated rings. The summed E-state index contributed by atoms with van der Waals surface area (Å²) < 4.78 is 21.7. The number of rotatable bonds is 13. The van der Waals surface area contributed by atoms with Gasteiger partial charge in [0.15, 0.2) is 0 Å². The summed E-state index contributed by atoms with van der Waals surface area (Å²) in [6.07, 6.45) is -0.521. The molecule has 1 aromatic heterocycles. The third-order valence-corrected chi connectivity index (χ3v) is 4.61. The first-order valence-electron chi connectivity index (χ1n) is 10.8. The Morgan fingerprint density at radius 1 is 1.03 bits per heavy atom. The Kier molecular flexibility index (Phi) is 11.4. The predicted octanol–water partition coefficient (Wildman–Crippen LogP) is 1.51. The summed E-state index contributed by atoms with van der Waals surface area (Å²) >= 11 is 0. The molecule has 11 heteroatoms. The van der Waals surface area contributed by atoms with Crippen molar-refractivity contribution in [1.29, 1.82) is 0 Å². The van der Waals surface area contributed by atoms with Gasteiger partial charge in [-0.25, -0.2) is 9.59 Å². The molecule has 0 aliphatic rings. The van der Waals surface area contributed by atoms with E-state index in [1.807, 2.05) is 30.3 Å². The van der Waals surface area contributed by atoms with E-state index in [-0.39, 0.29) is 26.4 Å². The number of nitrogens with one attached hydrogen (secondary N) is 3. The highest BCUT2D eigenvalue weighted by molar-refractivity contribution is 5.67. The van der Waals surface area contributed by atoms with Crippen LogP contribution in [0.2, 0.25) is 0 Å². The Bertz CT molecular complexity index is 912. The lowest BCUT2D eigenvalue weighted by Gasteiger charge is -2.19. The van der Waals surface area contributed by atoms with Crippen molar-refractivity contribution in [2.75, 3.05) is 40.4 Å². The van der Waals surface area contributed by atoms with E-state index in [9.17, 15) is 14.7 Å². The van der Waals surface area contributed by atoms with E-state index < -0.39 is 18.3 Å². The minimum Gasteiger partial charge on any atom is -0.492 e. The van der Waals surface area contributed by atoms with Crippen LogP contribution in [0.4, 0.5) is 9.59 Å². The molecule has 34 heavy (non-hydrogen) atoms. The van der Waals surface area contributed by atoms with Crippen molar-refractivity contribution in [2.24, 2.45) is 0 Å². The lowest BCUT2D eigenvalue weighted by molar-refractivity contribution is 0.101. The predicted molar refractivity (Wildman–Crippen MR) is 124 cm³/mol. The number of aryl methyl sites for hydroxylation is 1. The molecule has 0 radical (unpaired) electrons. The van der Waals surface area contributed by atoms with Crippen LogP contribution in [0.1, 0.15) is 16.8 Å². The smallest absolute Gasteiger partial charge is 0.407 e. The topological polar surface area (TPSA) is 140 Å². The fourth-order valence-electron chi connectivity index (χ4n) is 2.84. The first-order chi connectivity index (χ1) is 16.4. The van der Waals surface area contributed by atoms with Gasteiger partial charge in [0.2, 0.25) is 0 Å². The van der Waals surface area contributed by atoms with Crippen LogP contribution in [-0.4, -0.2) is 68.8 Å². The zero-order valence-corrected chi connectivity index (χ0v) is 19.6. The molecule has 2 aromatic rings. The number of aromatic nitrogens is 1. The van der Waals surface area contributed by atoms with Gasteiger partial charge in [-0.3, -0.25) is 4.98 Å². The number of carbonyl (C=O) groups is 2. The molecule has 0 saturated carbocycles. The molecule has 0 aliphatic heterocycles. The number of aliphatic hydroxyl groups excluding tert-OH is 1. The van der Waals surface area contributed by atoms with Crippen LogP contribution in [0, 0.1) is 6.92 Å². The third-order valence-electron chi connectivity index (χ3n) is 4.61. The quantitative estimate of drug-likeness (QED) is 0.317. The molecule has 2 amide bonds. The number of carbonyl (C=O) groups excluding carboxylic acids is 2. The lowest BCUT2D eigenvalue weighted by Crippen LogP contribution is -2.34. The molecule has 0 saturated heterocycles. The minimum absolute atomic E-state index is 0.0260. The zero-order chi connectivity index (χ0) is 24.8. The highest BCUT2D eigenvalue weighted by Gasteiger charge is 2.18. The second kappa shape index (κ2) is 14.6. The molecular weight excluding hydrogens is 444 g/mol. The van der Waals surface area contributed by atoms with Crippen LogP contribution in [0.15, 0.2) is 36.5 Å². The van der Waals surface area contributed by atoms with Gasteiger partial charge in [-0.15, -0.1) is 0 Å². The summed E-state index contributed by atoms with van der Waals surface area (Å²) in [6.45, 7) is 2.76. The second-order valence-corrected chi connectivity index (χ2v) is 7.16. The fraction of sp³-hybridized carbons (Fsp3) is 0.435. The Balaban J connectivity index is 1.93. The maximum atomic E-state index is 11.6. The SMILES string of the molecule is CNC(=O)OCc1cnc(C)c(OCC(O)CNCCOc2ccccc2)c1COC(=O)NC. The first kappa shape index (κ1) is 26.7.